The van der Waals surface area contributed by atoms with Gasteiger partial charge in [0.25, 0.3) is 5.91 Å². The lowest BCUT2D eigenvalue weighted by molar-refractivity contribution is -0.122. The number of rotatable bonds is 5. The van der Waals surface area contributed by atoms with Crippen LogP contribution in [0.3, 0.4) is 0 Å². The molecule has 1 heterocycles. The van der Waals surface area contributed by atoms with E-state index in [-0.39, 0.29) is 12.5 Å². The monoisotopic (exact) mass is 324 g/mol. The summed E-state index contributed by atoms with van der Waals surface area (Å²) in [5, 5.41) is 13.2. The number of carbonyl (C=O) groups is 1. The SMILES string of the molecule is CC(Oc1cccc(CO)c1)C(=O)Nc1ccc2ccn(C)c2c1. The van der Waals surface area contributed by atoms with Gasteiger partial charge in [-0.1, -0.05) is 18.2 Å². The van der Waals surface area contributed by atoms with Crippen LogP contribution in [0.25, 0.3) is 10.9 Å². The second kappa shape index (κ2) is 6.76. The van der Waals surface area contributed by atoms with E-state index in [1.54, 1.807) is 31.2 Å². The van der Waals surface area contributed by atoms with Gasteiger partial charge >= 0.3 is 0 Å². The van der Waals surface area contributed by atoms with E-state index in [2.05, 4.69) is 5.32 Å². The molecule has 3 rings (SSSR count). The van der Waals surface area contributed by atoms with Crippen molar-refractivity contribution < 1.29 is 14.6 Å². The number of aliphatic hydroxyl groups excluding tert-OH is 1. The number of aromatic nitrogens is 1. The maximum atomic E-state index is 12.3. The fourth-order valence-corrected chi connectivity index (χ4v) is 2.56. The number of anilines is 1. The number of hydrogen-bond donors (Lipinski definition) is 2. The lowest BCUT2D eigenvalue weighted by Crippen LogP contribution is -2.30. The molecule has 5 nitrogen and oxygen atoms in total. The van der Waals surface area contributed by atoms with Crippen molar-refractivity contribution in [3.8, 4) is 5.75 Å². The van der Waals surface area contributed by atoms with Crippen LogP contribution in [0, 0.1) is 0 Å². The van der Waals surface area contributed by atoms with Crippen LogP contribution in [0.2, 0.25) is 0 Å². The molecule has 0 saturated carbocycles. The second-order valence-corrected chi connectivity index (χ2v) is 5.76. The highest BCUT2D eigenvalue weighted by Crippen LogP contribution is 2.20. The summed E-state index contributed by atoms with van der Waals surface area (Å²) in [6, 6.07) is 14.9. The number of amides is 1. The average molecular weight is 324 g/mol. The van der Waals surface area contributed by atoms with E-state index >= 15 is 0 Å². The topological polar surface area (TPSA) is 63.5 Å². The standard InChI is InChI=1S/C19H20N2O3/c1-13(24-17-5-3-4-14(10-17)12-22)19(23)20-16-7-6-15-8-9-21(2)18(15)11-16/h3-11,13,22H,12H2,1-2H3,(H,20,23). The fraction of sp³-hybridized carbons (Fsp3) is 0.211. The Morgan fingerprint density at radius 2 is 2.08 bits per heavy atom. The van der Waals surface area contributed by atoms with Gasteiger partial charge in [-0.15, -0.1) is 0 Å². The van der Waals surface area contributed by atoms with E-state index in [1.165, 1.54) is 0 Å². The summed E-state index contributed by atoms with van der Waals surface area (Å²) in [7, 11) is 1.97. The normalized spacial score (nSPS) is 12.1. The Morgan fingerprint density at radius 1 is 1.25 bits per heavy atom. The summed E-state index contributed by atoms with van der Waals surface area (Å²) >= 11 is 0. The minimum Gasteiger partial charge on any atom is -0.481 e. The van der Waals surface area contributed by atoms with Crippen molar-refractivity contribution in [2.45, 2.75) is 19.6 Å². The maximum Gasteiger partial charge on any atom is 0.265 e. The number of benzene rings is 2. The molecular weight excluding hydrogens is 304 g/mol. The fourth-order valence-electron chi connectivity index (χ4n) is 2.56. The van der Waals surface area contributed by atoms with Gasteiger partial charge < -0.3 is 19.7 Å². The highest BCUT2D eigenvalue weighted by molar-refractivity contribution is 5.96. The molecule has 3 aromatic rings. The zero-order valence-electron chi connectivity index (χ0n) is 13.7. The molecule has 124 valence electrons. The van der Waals surface area contributed by atoms with E-state index in [0.717, 1.165) is 22.2 Å². The number of nitrogens with one attached hydrogen (secondary N) is 1. The minimum atomic E-state index is -0.650. The van der Waals surface area contributed by atoms with Gasteiger partial charge in [0.15, 0.2) is 6.10 Å². The highest BCUT2D eigenvalue weighted by Gasteiger charge is 2.15. The molecule has 24 heavy (non-hydrogen) atoms. The molecule has 1 atom stereocenters. The molecule has 0 radical (unpaired) electrons. The lowest BCUT2D eigenvalue weighted by atomic mass is 10.2. The van der Waals surface area contributed by atoms with Crippen LogP contribution in [0.5, 0.6) is 5.75 Å². The van der Waals surface area contributed by atoms with Crippen molar-refractivity contribution in [2.75, 3.05) is 5.32 Å². The Morgan fingerprint density at radius 3 is 2.88 bits per heavy atom. The van der Waals surface area contributed by atoms with Crippen molar-refractivity contribution in [3.05, 3.63) is 60.3 Å². The highest BCUT2D eigenvalue weighted by atomic mass is 16.5. The quantitative estimate of drug-likeness (QED) is 0.758. The first-order valence-electron chi connectivity index (χ1n) is 7.79. The van der Waals surface area contributed by atoms with E-state index in [1.807, 2.05) is 42.1 Å². The molecule has 0 aliphatic rings. The van der Waals surface area contributed by atoms with Gasteiger partial charge in [0.1, 0.15) is 5.75 Å². The molecule has 1 aromatic heterocycles. The molecular formula is C19H20N2O3. The third kappa shape index (κ3) is 3.41. The molecule has 0 aliphatic carbocycles. The number of ether oxygens (including phenoxy) is 1. The van der Waals surface area contributed by atoms with Crippen LogP contribution < -0.4 is 10.1 Å². The third-order valence-electron chi connectivity index (χ3n) is 3.92. The minimum absolute atomic E-state index is 0.0611. The Labute approximate surface area is 140 Å². The third-order valence-corrected chi connectivity index (χ3v) is 3.92. The van der Waals surface area contributed by atoms with Crippen LogP contribution in [-0.2, 0) is 18.4 Å². The zero-order valence-corrected chi connectivity index (χ0v) is 13.7. The molecule has 0 bridgehead atoms. The molecule has 0 fully saturated rings. The van der Waals surface area contributed by atoms with Gasteiger partial charge in [-0.2, -0.15) is 0 Å². The average Bonchev–Trinajstić information content (AvgIpc) is 2.96. The Hall–Kier alpha value is -2.79. The molecule has 0 saturated heterocycles. The number of nitrogens with zero attached hydrogens (tertiary/aromatic N) is 1. The van der Waals surface area contributed by atoms with Crippen LogP contribution >= 0.6 is 0 Å². The van der Waals surface area contributed by atoms with E-state index in [9.17, 15) is 4.79 Å². The second-order valence-electron chi connectivity index (χ2n) is 5.76. The number of hydrogen-bond acceptors (Lipinski definition) is 3. The number of aryl methyl sites for hydroxylation is 1. The Bertz CT molecular complexity index is 870. The van der Waals surface area contributed by atoms with Crippen molar-refractivity contribution in [3.63, 3.8) is 0 Å². The molecule has 2 N–H and O–H groups in total. The van der Waals surface area contributed by atoms with Crippen molar-refractivity contribution in [1.82, 2.24) is 4.57 Å². The Balaban J connectivity index is 1.69. The van der Waals surface area contributed by atoms with Crippen LogP contribution in [0.15, 0.2) is 54.7 Å². The van der Waals surface area contributed by atoms with Crippen molar-refractivity contribution >= 4 is 22.5 Å². The van der Waals surface area contributed by atoms with Crippen LogP contribution in [-0.4, -0.2) is 21.7 Å². The van der Waals surface area contributed by atoms with Gasteiger partial charge in [0.05, 0.1) is 6.61 Å². The van der Waals surface area contributed by atoms with Gasteiger partial charge in [-0.05, 0) is 48.2 Å². The number of fused-ring (bicyclic) bond motifs is 1. The molecule has 1 amide bonds. The molecule has 0 spiro atoms. The lowest BCUT2D eigenvalue weighted by Gasteiger charge is -2.15. The first-order chi connectivity index (χ1) is 11.6. The first-order valence-corrected chi connectivity index (χ1v) is 7.79. The summed E-state index contributed by atoms with van der Waals surface area (Å²) in [4.78, 5) is 12.3. The summed E-state index contributed by atoms with van der Waals surface area (Å²) in [6.07, 6.45) is 1.33. The van der Waals surface area contributed by atoms with Gasteiger partial charge in [-0.25, -0.2) is 0 Å². The molecule has 5 heteroatoms. The van der Waals surface area contributed by atoms with Crippen LogP contribution in [0.4, 0.5) is 5.69 Å². The predicted molar refractivity (Wildman–Crippen MR) is 94.0 cm³/mol. The van der Waals surface area contributed by atoms with E-state index in [0.29, 0.717) is 5.75 Å². The van der Waals surface area contributed by atoms with Gasteiger partial charge in [0, 0.05) is 24.4 Å². The summed E-state index contributed by atoms with van der Waals surface area (Å²) in [5.41, 5.74) is 2.53. The van der Waals surface area contributed by atoms with Gasteiger partial charge in [0.2, 0.25) is 0 Å². The van der Waals surface area contributed by atoms with E-state index in [4.69, 9.17) is 9.84 Å². The van der Waals surface area contributed by atoms with Crippen molar-refractivity contribution in [1.29, 1.82) is 0 Å². The Kier molecular flexibility index (Phi) is 4.53. The largest absolute Gasteiger partial charge is 0.481 e. The smallest absolute Gasteiger partial charge is 0.265 e. The zero-order chi connectivity index (χ0) is 17.1. The number of carbonyl (C=O) groups excluding carboxylic acids is 1. The summed E-state index contributed by atoms with van der Waals surface area (Å²) in [5.74, 6) is 0.333. The number of aliphatic hydroxyl groups is 1. The summed E-state index contributed by atoms with van der Waals surface area (Å²) in [6.45, 7) is 1.64. The van der Waals surface area contributed by atoms with Crippen LogP contribution in [0.1, 0.15) is 12.5 Å². The van der Waals surface area contributed by atoms with E-state index < -0.39 is 6.10 Å². The van der Waals surface area contributed by atoms with Gasteiger partial charge in [-0.3, -0.25) is 4.79 Å². The summed E-state index contributed by atoms with van der Waals surface area (Å²) < 4.78 is 7.66. The van der Waals surface area contributed by atoms with Crippen molar-refractivity contribution in [2.24, 2.45) is 7.05 Å². The first kappa shape index (κ1) is 16.1. The maximum absolute atomic E-state index is 12.3. The molecule has 1 unspecified atom stereocenters. The predicted octanol–water partition coefficient (Wildman–Crippen LogP) is 3.08. The molecule has 2 aromatic carbocycles. The molecule has 0 aliphatic heterocycles.